The van der Waals surface area contributed by atoms with Gasteiger partial charge in [0.15, 0.2) is 0 Å². The van der Waals surface area contributed by atoms with E-state index < -0.39 is 0 Å². The standard InChI is InChI=1S/C42H37N3/c1-2-38-39-13-7-6-10-33(39)19-20-40(38)42(35-11-4-3-5-12-35)45-29-30-26-36(28-37(27-30)32-21-24-43-25-22-32)31-15-17-34(18-16-31)41-14-8-9-23-44-41/h2-24,26-28,41-45H,1,25,29H2. The average molecular weight is 584 g/mol. The summed E-state index contributed by atoms with van der Waals surface area (Å²) in [7, 11) is 0. The second-order valence-electron chi connectivity index (χ2n) is 11.5. The van der Waals surface area contributed by atoms with E-state index in [1.165, 1.54) is 60.9 Å². The molecule has 3 heteroatoms. The molecule has 2 unspecified atom stereocenters. The van der Waals surface area contributed by atoms with Crippen molar-refractivity contribution in [2.24, 2.45) is 0 Å². The van der Waals surface area contributed by atoms with Gasteiger partial charge in [0.25, 0.3) is 0 Å². The highest BCUT2D eigenvalue weighted by atomic mass is 14.9. The van der Waals surface area contributed by atoms with Crippen molar-refractivity contribution in [2.45, 2.75) is 18.6 Å². The molecule has 0 saturated heterocycles. The van der Waals surface area contributed by atoms with Crippen molar-refractivity contribution in [3.8, 4) is 11.1 Å². The fourth-order valence-corrected chi connectivity index (χ4v) is 6.40. The molecule has 2 aliphatic heterocycles. The first-order chi connectivity index (χ1) is 22.3. The van der Waals surface area contributed by atoms with Crippen LogP contribution in [0, 0.1) is 0 Å². The van der Waals surface area contributed by atoms with Crippen LogP contribution >= 0.6 is 0 Å². The first-order valence-corrected chi connectivity index (χ1v) is 15.6. The van der Waals surface area contributed by atoms with Crippen LogP contribution in [0.3, 0.4) is 0 Å². The van der Waals surface area contributed by atoms with Gasteiger partial charge in [0.05, 0.1) is 12.1 Å². The Balaban J connectivity index is 1.25. The summed E-state index contributed by atoms with van der Waals surface area (Å²) in [4.78, 5) is 0. The van der Waals surface area contributed by atoms with Gasteiger partial charge < -0.3 is 16.0 Å². The molecule has 0 aromatic heterocycles. The van der Waals surface area contributed by atoms with Crippen molar-refractivity contribution in [1.29, 1.82) is 0 Å². The van der Waals surface area contributed by atoms with Gasteiger partial charge in [-0.2, -0.15) is 0 Å². The van der Waals surface area contributed by atoms with E-state index in [1.54, 1.807) is 0 Å². The maximum atomic E-state index is 4.22. The Morgan fingerprint density at radius 2 is 1.62 bits per heavy atom. The maximum absolute atomic E-state index is 4.22. The molecule has 2 heterocycles. The molecule has 0 bridgehead atoms. The summed E-state index contributed by atoms with van der Waals surface area (Å²) in [6.45, 7) is 5.76. The van der Waals surface area contributed by atoms with E-state index in [2.05, 4.69) is 156 Å². The van der Waals surface area contributed by atoms with Crippen molar-refractivity contribution in [2.75, 3.05) is 6.54 Å². The van der Waals surface area contributed by atoms with E-state index in [1.807, 2.05) is 24.6 Å². The Hall–Kier alpha value is -5.38. The van der Waals surface area contributed by atoms with Gasteiger partial charge in [0, 0.05) is 13.1 Å². The van der Waals surface area contributed by atoms with E-state index in [-0.39, 0.29) is 12.1 Å². The lowest BCUT2D eigenvalue weighted by atomic mass is 9.90. The van der Waals surface area contributed by atoms with Gasteiger partial charge in [-0.1, -0.05) is 122 Å². The smallest absolute Gasteiger partial charge is 0.0695 e. The number of dihydropyridines is 2. The van der Waals surface area contributed by atoms with Gasteiger partial charge in [-0.25, -0.2) is 0 Å². The minimum atomic E-state index is -0.00159. The number of rotatable bonds is 9. The van der Waals surface area contributed by atoms with Gasteiger partial charge in [0.1, 0.15) is 0 Å². The Morgan fingerprint density at radius 3 is 2.40 bits per heavy atom. The predicted octanol–water partition coefficient (Wildman–Crippen LogP) is 9.24. The molecule has 220 valence electrons. The van der Waals surface area contributed by atoms with Crippen molar-refractivity contribution in [3.63, 3.8) is 0 Å². The quantitative estimate of drug-likeness (QED) is 0.162. The molecule has 2 atom stereocenters. The molecule has 45 heavy (non-hydrogen) atoms. The zero-order valence-electron chi connectivity index (χ0n) is 25.3. The Labute approximate surface area is 266 Å². The van der Waals surface area contributed by atoms with Crippen LogP contribution in [0.1, 0.15) is 45.5 Å². The summed E-state index contributed by atoms with van der Waals surface area (Å²) in [6.07, 6.45) is 16.8. The molecule has 0 spiro atoms. The molecular weight excluding hydrogens is 546 g/mol. The largest absolute Gasteiger partial charge is 0.387 e. The van der Waals surface area contributed by atoms with Crippen molar-refractivity contribution >= 4 is 22.4 Å². The van der Waals surface area contributed by atoms with E-state index in [9.17, 15) is 0 Å². The molecule has 7 rings (SSSR count). The number of fused-ring (bicyclic) bond motifs is 1. The SMILES string of the molecule is C=Cc1c(C(NCc2cc(C3=CCNC=C3)cc(-c3ccc(C4C=CC=CN4)cc3)c2)c2ccccc2)ccc2ccccc12. The lowest BCUT2D eigenvalue weighted by Crippen LogP contribution is -2.23. The molecule has 0 saturated carbocycles. The second-order valence-corrected chi connectivity index (χ2v) is 11.5. The van der Waals surface area contributed by atoms with E-state index in [0.717, 1.165) is 6.54 Å². The summed E-state index contributed by atoms with van der Waals surface area (Å²) in [5.41, 5.74) is 11.0. The van der Waals surface area contributed by atoms with Crippen molar-refractivity contribution in [3.05, 3.63) is 192 Å². The molecule has 0 radical (unpaired) electrons. The molecule has 0 amide bonds. The van der Waals surface area contributed by atoms with Crippen LogP contribution in [0.25, 0.3) is 33.5 Å². The van der Waals surface area contributed by atoms with Crippen LogP contribution in [0.2, 0.25) is 0 Å². The average Bonchev–Trinajstić information content (AvgIpc) is 3.12. The first-order valence-electron chi connectivity index (χ1n) is 15.6. The highest BCUT2D eigenvalue weighted by Crippen LogP contribution is 2.33. The highest BCUT2D eigenvalue weighted by Gasteiger charge is 2.19. The summed E-state index contributed by atoms with van der Waals surface area (Å²) in [5, 5.41) is 13.1. The first kappa shape index (κ1) is 28.4. The second kappa shape index (κ2) is 13.1. The number of hydrogen-bond donors (Lipinski definition) is 3. The normalized spacial score (nSPS) is 16.1. The minimum Gasteiger partial charge on any atom is -0.387 e. The van der Waals surface area contributed by atoms with Crippen molar-refractivity contribution < 1.29 is 0 Å². The van der Waals surface area contributed by atoms with Crippen LogP contribution in [-0.2, 0) is 6.54 Å². The van der Waals surface area contributed by atoms with Crippen LogP contribution in [0.5, 0.6) is 0 Å². The van der Waals surface area contributed by atoms with E-state index in [0.29, 0.717) is 6.54 Å². The van der Waals surface area contributed by atoms with Crippen LogP contribution in [-0.4, -0.2) is 6.54 Å². The zero-order chi connectivity index (χ0) is 30.4. The third kappa shape index (κ3) is 6.17. The fourth-order valence-electron chi connectivity index (χ4n) is 6.40. The summed E-state index contributed by atoms with van der Waals surface area (Å²) in [5.74, 6) is 0. The predicted molar refractivity (Wildman–Crippen MR) is 190 cm³/mol. The molecule has 5 aromatic carbocycles. The van der Waals surface area contributed by atoms with Gasteiger partial charge in [-0.3, -0.25) is 0 Å². The van der Waals surface area contributed by atoms with Crippen molar-refractivity contribution in [1.82, 2.24) is 16.0 Å². The number of hydrogen-bond acceptors (Lipinski definition) is 3. The molecular formula is C42H37N3. The summed E-state index contributed by atoms with van der Waals surface area (Å²) in [6, 6.07) is 39.9. The van der Waals surface area contributed by atoms with Gasteiger partial charge in [0.2, 0.25) is 0 Å². The third-order valence-electron chi connectivity index (χ3n) is 8.70. The monoisotopic (exact) mass is 583 g/mol. The van der Waals surface area contributed by atoms with Crippen LogP contribution in [0.4, 0.5) is 0 Å². The highest BCUT2D eigenvalue weighted by molar-refractivity contribution is 5.92. The number of benzene rings is 5. The lowest BCUT2D eigenvalue weighted by Gasteiger charge is -2.24. The van der Waals surface area contributed by atoms with E-state index >= 15 is 0 Å². The summed E-state index contributed by atoms with van der Waals surface area (Å²) >= 11 is 0. The summed E-state index contributed by atoms with van der Waals surface area (Å²) < 4.78 is 0. The van der Waals surface area contributed by atoms with Gasteiger partial charge >= 0.3 is 0 Å². The topological polar surface area (TPSA) is 36.1 Å². The Bertz CT molecular complexity index is 1940. The zero-order valence-corrected chi connectivity index (χ0v) is 25.3. The number of allylic oxidation sites excluding steroid dienone is 4. The minimum absolute atomic E-state index is 0.00159. The van der Waals surface area contributed by atoms with Gasteiger partial charge in [-0.15, -0.1) is 0 Å². The third-order valence-corrected chi connectivity index (χ3v) is 8.70. The Kier molecular flexibility index (Phi) is 8.26. The molecule has 0 aliphatic carbocycles. The Morgan fingerprint density at radius 1 is 0.800 bits per heavy atom. The lowest BCUT2D eigenvalue weighted by molar-refractivity contribution is 0.605. The molecule has 5 aromatic rings. The molecule has 2 aliphatic rings. The molecule has 3 nitrogen and oxygen atoms in total. The molecule has 0 fully saturated rings. The van der Waals surface area contributed by atoms with Crippen LogP contribution < -0.4 is 16.0 Å². The van der Waals surface area contributed by atoms with Crippen LogP contribution in [0.15, 0.2) is 159 Å². The maximum Gasteiger partial charge on any atom is 0.0695 e. The fraction of sp³-hybridized carbons (Fsp3) is 0.0952. The number of nitrogens with one attached hydrogen (secondary N) is 3. The van der Waals surface area contributed by atoms with E-state index in [4.69, 9.17) is 0 Å². The molecule has 3 N–H and O–H groups in total. The van der Waals surface area contributed by atoms with Gasteiger partial charge in [-0.05, 0) is 104 Å².